The zero-order valence-corrected chi connectivity index (χ0v) is 25.8. The Balaban J connectivity index is 2.07. The van der Waals surface area contributed by atoms with E-state index in [4.69, 9.17) is 9.47 Å². The Kier molecular flexibility index (Phi) is 11.8. The van der Waals surface area contributed by atoms with Crippen LogP contribution in [0, 0.1) is 29.1 Å². The second kappa shape index (κ2) is 13.7. The maximum Gasteiger partial charge on any atom is 0.319 e. The summed E-state index contributed by atoms with van der Waals surface area (Å²) in [5.41, 5.74) is -1.68. The first kappa shape index (κ1) is 32.7. The molecule has 4 atom stereocenters. The number of carbonyl (C=O) groups is 3. The lowest BCUT2D eigenvalue weighted by atomic mass is 9.76. The summed E-state index contributed by atoms with van der Waals surface area (Å²) in [5, 5.41) is 0. The number of hydrogen-bond acceptors (Lipinski definition) is 7. The first-order valence-electron chi connectivity index (χ1n) is 14.5. The summed E-state index contributed by atoms with van der Waals surface area (Å²) in [5.74, 6) is 0.461. The lowest BCUT2D eigenvalue weighted by molar-refractivity contribution is -0.163. The van der Waals surface area contributed by atoms with Gasteiger partial charge < -0.3 is 19.3 Å². The molecule has 2 aliphatic heterocycles. The molecule has 8 nitrogen and oxygen atoms in total. The molecule has 0 aromatic rings. The second-order valence-corrected chi connectivity index (χ2v) is 13.5. The number of Topliss-reactive ketones (excluding diaryl/α,β-unsaturated/α-hetero) is 1. The zero-order valence-electron chi connectivity index (χ0n) is 25.8. The highest BCUT2D eigenvalue weighted by atomic mass is 16.5. The van der Waals surface area contributed by atoms with Crippen LogP contribution >= 0.6 is 0 Å². The zero-order chi connectivity index (χ0) is 28.8. The van der Waals surface area contributed by atoms with Crippen LogP contribution in [0.5, 0.6) is 0 Å². The maximum atomic E-state index is 13.3. The molecule has 2 heterocycles. The predicted octanol–water partition coefficient (Wildman–Crippen LogP) is 3.72. The molecule has 2 saturated heterocycles. The van der Waals surface area contributed by atoms with Gasteiger partial charge in [0, 0.05) is 57.6 Å². The standard InChI is InChI=1S/C30H55N3O5/c1-21(2)16-31(8)13-11-12-26(34)33-18-24(19-33)25-20-38-28(36)29(5,6)27(35)23(4)15-30(7,37-10)14-22(3)17-32(25)9/h21-25H,11-20H2,1-10H3/t22-,23-,25+,30-/m1/s1. The van der Waals surface area contributed by atoms with Gasteiger partial charge in [-0.15, -0.1) is 0 Å². The molecule has 2 fully saturated rings. The highest BCUT2D eigenvalue weighted by Crippen LogP contribution is 2.34. The van der Waals surface area contributed by atoms with Crippen molar-refractivity contribution in [2.24, 2.45) is 29.1 Å². The monoisotopic (exact) mass is 537 g/mol. The number of esters is 1. The summed E-state index contributed by atoms with van der Waals surface area (Å²) < 4.78 is 11.7. The van der Waals surface area contributed by atoms with Gasteiger partial charge in [-0.25, -0.2) is 0 Å². The average Bonchev–Trinajstić information content (AvgIpc) is 2.77. The number of methoxy groups -OCH3 is 1. The molecule has 38 heavy (non-hydrogen) atoms. The van der Waals surface area contributed by atoms with Gasteiger partial charge >= 0.3 is 5.97 Å². The van der Waals surface area contributed by atoms with Crippen molar-refractivity contribution < 1.29 is 23.9 Å². The number of nitrogens with zero attached hydrogens (tertiary/aromatic N) is 3. The molecule has 2 rings (SSSR count). The van der Waals surface area contributed by atoms with Crippen LogP contribution in [0.15, 0.2) is 0 Å². The van der Waals surface area contributed by atoms with Crippen molar-refractivity contribution in [2.45, 2.75) is 85.8 Å². The van der Waals surface area contributed by atoms with Crippen LogP contribution in [0.1, 0.15) is 74.1 Å². The smallest absolute Gasteiger partial charge is 0.319 e. The minimum Gasteiger partial charge on any atom is -0.463 e. The Morgan fingerprint density at radius 1 is 1.13 bits per heavy atom. The van der Waals surface area contributed by atoms with Crippen LogP contribution in [0.2, 0.25) is 0 Å². The van der Waals surface area contributed by atoms with Crippen molar-refractivity contribution >= 4 is 17.7 Å². The molecule has 0 radical (unpaired) electrons. The van der Waals surface area contributed by atoms with Crippen LogP contribution in [0.3, 0.4) is 0 Å². The van der Waals surface area contributed by atoms with Gasteiger partial charge in [0.1, 0.15) is 12.0 Å². The number of ketones is 1. The third kappa shape index (κ3) is 8.75. The molecule has 8 heteroatoms. The Morgan fingerprint density at radius 2 is 1.76 bits per heavy atom. The van der Waals surface area contributed by atoms with Crippen molar-refractivity contribution in [2.75, 3.05) is 60.5 Å². The van der Waals surface area contributed by atoms with E-state index in [1.54, 1.807) is 21.0 Å². The van der Waals surface area contributed by atoms with E-state index in [1.807, 2.05) is 11.8 Å². The van der Waals surface area contributed by atoms with E-state index in [-0.39, 0.29) is 36.2 Å². The molecule has 0 saturated carbocycles. The third-order valence-electron chi connectivity index (χ3n) is 8.55. The number of rotatable bonds is 8. The highest BCUT2D eigenvalue weighted by Gasteiger charge is 2.45. The Morgan fingerprint density at radius 3 is 2.34 bits per heavy atom. The number of ether oxygens (including phenoxy) is 2. The van der Waals surface area contributed by atoms with E-state index >= 15 is 0 Å². The summed E-state index contributed by atoms with van der Waals surface area (Å²) in [6, 6.07) is -0.0134. The van der Waals surface area contributed by atoms with E-state index in [2.05, 4.69) is 51.6 Å². The fourth-order valence-corrected chi connectivity index (χ4v) is 6.43. The van der Waals surface area contributed by atoms with Crippen molar-refractivity contribution in [3.63, 3.8) is 0 Å². The van der Waals surface area contributed by atoms with Crippen LogP contribution in [0.4, 0.5) is 0 Å². The number of likely N-dealkylation sites (N-methyl/N-ethyl adjacent to an activating group) is 1. The van der Waals surface area contributed by atoms with Crippen LogP contribution in [-0.4, -0.2) is 105 Å². The van der Waals surface area contributed by atoms with E-state index in [0.717, 1.165) is 32.5 Å². The molecule has 0 spiro atoms. The van der Waals surface area contributed by atoms with Gasteiger partial charge in [0.2, 0.25) is 5.91 Å². The third-order valence-corrected chi connectivity index (χ3v) is 8.55. The largest absolute Gasteiger partial charge is 0.463 e. The molecule has 1 amide bonds. The Bertz CT molecular complexity index is 810. The first-order valence-corrected chi connectivity index (χ1v) is 14.5. The molecule has 0 aromatic heterocycles. The number of likely N-dealkylation sites (tertiary alicyclic amines) is 1. The van der Waals surface area contributed by atoms with E-state index in [0.29, 0.717) is 37.8 Å². The minimum atomic E-state index is -1.22. The summed E-state index contributed by atoms with van der Waals surface area (Å²) in [6.07, 6.45) is 2.80. The lowest BCUT2D eigenvalue weighted by Gasteiger charge is -2.46. The molecule has 0 bridgehead atoms. The summed E-state index contributed by atoms with van der Waals surface area (Å²) >= 11 is 0. The van der Waals surface area contributed by atoms with Crippen LogP contribution < -0.4 is 0 Å². The normalized spacial score (nSPS) is 30.4. The first-order chi connectivity index (χ1) is 17.6. The SMILES string of the molecule is CO[C@]1(C)C[C@@H](C)CN(C)[C@H](C2CN(C(=O)CCCN(C)CC(C)C)C2)COC(=O)C(C)(C)C(=O)[C@H](C)C1. The fourth-order valence-electron chi connectivity index (χ4n) is 6.43. The predicted molar refractivity (Wildman–Crippen MR) is 151 cm³/mol. The van der Waals surface area contributed by atoms with Gasteiger partial charge in [-0.05, 0) is 72.5 Å². The van der Waals surface area contributed by atoms with E-state index in [9.17, 15) is 14.4 Å². The van der Waals surface area contributed by atoms with Gasteiger partial charge in [0.15, 0.2) is 5.78 Å². The van der Waals surface area contributed by atoms with Crippen molar-refractivity contribution in [3.05, 3.63) is 0 Å². The van der Waals surface area contributed by atoms with Crippen LogP contribution in [0.25, 0.3) is 0 Å². The topological polar surface area (TPSA) is 79.4 Å². The van der Waals surface area contributed by atoms with Gasteiger partial charge in [0.05, 0.1) is 5.60 Å². The summed E-state index contributed by atoms with van der Waals surface area (Å²) in [7, 11) is 5.89. The van der Waals surface area contributed by atoms with E-state index in [1.165, 1.54) is 0 Å². The van der Waals surface area contributed by atoms with Gasteiger partial charge in [-0.2, -0.15) is 0 Å². The van der Waals surface area contributed by atoms with Crippen molar-refractivity contribution in [1.82, 2.24) is 14.7 Å². The lowest BCUT2D eigenvalue weighted by Crippen LogP contribution is -2.59. The maximum absolute atomic E-state index is 13.3. The summed E-state index contributed by atoms with van der Waals surface area (Å²) in [4.78, 5) is 45.7. The number of amides is 1. The fraction of sp³-hybridized carbons (Fsp3) is 0.900. The van der Waals surface area contributed by atoms with Crippen molar-refractivity contribution in [3.8, 4) is 0 Å². The number of carbonyl (C=O) groups excluding carboxylic acids is 3. The molecular formula is C30H55N3O5. The molecule has 2 aliphatic rings. The van der Waals surface area contributed by atoms with Gasteiger partial charge in [-0.1, -0.05) is 27.7 Å². The Labute approximate surface area is 231 Å². The number of hydrogen-bond donors (Lipinski definition) is 0. The van der Waals surface area contributed by atoms with E-state index < -0.39 is 17.0 Å². The minimum absolute atomic E-state index is 0.0134. The van der Waals surface area contributed by atoms with Gasteiger partial charge in [0.25, 0.3) is 0 Å². The Hall–Kier alpha value is -1.51. The molecule has 0 aliphatic carbocycles. The quantitative estimate of drug-likeness (QED) is 0.345. The van der Waals surface area contributed by atoms with Crippen LogP contribution in [-0.2, 0) is 23.9 Å². The second-order valence-electron chi connectivity index (χ2n) is 13.5. The molecule has 0 unspecified atom stereocenters. The highest BCUT2D eigenvalue weighted by molar-refractivity contribution is 6.03. The number of cyclic esters (lactones) is 1. The van der Waals surface area contributed by atoms with Gasteiger partial charge in [-0.3, -0.25) is 19.3 Å². The van der Waals surface area contributed by atoms with Crippen molar-refractivity contribution in [1.29, 1.82) is 0 Å². The summed E-state index contributed by atoms with van der Waals surface area (Å²) in [6.45, 7) is 18.3. The molecule has 0 aromatic carbocycles. The molecular weight excluding hydrogens is 482 g/mol. The average molecular weight is 538 g/mol. The molecule has 220 valence electrons. The molecule has 0 N–H and O–H groups in total.